The highest BCUT2D eigenvalue weighted by atomic mass is 16.3. The van der Waals surface area contributed by atoms with E-state index in [1.807, 2.05) is 18.7 Å². The molecule has 0 bridgehead atoms. The molecule has 1 saturated heterocycles. The van der Waals surface area contributed by atoms with Crippen LogP contribution in [-0.2, 0) is 0 Å². The van der Waals surface area contributed by atoms with Crippen molar-refractivity contribution in [2.24, 2.45) is 0 Å². The van der Waals surface area contributed by atoms with Gasteiger partial charge in [-0.05, 0) is 32.3 Å². The number of hydrogen-bond donors (Lipinski definition) is 1. The van der Waals surface area contributed by atoms with E-state index in [2.05, 4.69) is 16.3 Å². The fraction of sp³-hybridized carbons (Fsp3) is 0.583. The molecule has 1 aromatic rings. The highest BCUT2D eigenvalue weighted by molar-refractivity contribution is 5.58. The van der Waals surface area contributed by atoms with E-state index in [-0.39, 0.29) is 12.6 Å². The van der Waals surface area contributed by atoms with Crippen LogP contribution in [0.5, 0.6) is 0 Å². The monoisotopic (exact) mass is 232 g/mol. The molecule has 5 heteroatoms. The second-order valence-electron chi connectivity index (χ2n) is 4.39. The maximum absolute atomic E-state index is 9.31. The highest BCUT2D eigenvalue weighted by Gasteiger charge is 2.28. The molecule has 1 atom stereocenters. The summed E-state index contributed by atoms with van der Waals surface area (Å²) in [5.74, 6) is 0.618. The SMILES string of the molecule is Cc1nnc(N2CCCC2CO)c(C#N)c1C. The van der Waals surface area contributed by atoms with Crippen molar-refractivity contribution in [3.8, 4) is 6.07 Å². The van der Waals surface area contributed by atoms with Gasteiger partial charge in [-0.3, -0.25) is 0 Å². The quantitative estimate of drug-likeness (QED) is 0.821. The summed E-state index contributed by atoms with van der Waals surface area (Å²) >= 11 is 0. The number of rotatable bonds is 2. The van der Waals surface area contributed by atoms with E-state index >= 15 is 0 Å². The minimum Gasteiger partial charge on any atom is -0.394 e. The van der Waals surface area contributed by atoms with Gasteiger partial charge in [-0.1, -0.05) is 0 Å². The van der Waals surface area contributed by atoms with Crippen molar-refractivity contribution in [2.45, 2.75) is 32.7 Å². The first kappa shape index (κ1) is 11.8. The van der Waals surface area contributed by atoms with Gasteiger partial charge in [-0.25, -0.2) is 0 Å². The number of aryl methyl sites for hydroxylation is 1. The van der Waals surface area contributed by atoms with E-state index in [1.165, 1.54) is 0 Å². The van der Waals surface area contributed by atoms with Crippen molar-refractivity contribution in [1.82, 2.24) is 10.2 Å². The van der Waals surface area contributed by atoms with Gasteiger partial charge in [0, 0.05) is 6.54 Å². The fourth-order valence-corrected chi connectivity index (χ4v) is 2.24. The van der Waals surface area contributed by atoms with Crippen LogP contribution < -0.4 is 4.90 Å². The Bertz CT molecular complexity index is 466. The van der Waals surface area contributed by atoms with E-state index in [1.54, 1.807) is 0 Å². The van der Waals surface area contributed by atoms with Crippen LogP contribution in [0.1, 0.15) is 29.7 Å². The molecule has 1 aliphatic rings. The molecule has 0 aromatic carbocycles. The molecule has 0 aliphatic carbocycles. The molecule has 0 radical (unpaired) electrons. The number of nitriles is 1. The van der Waals surface area contributed by atoms with Gasteiger partial charge >= 0.3 is 0 Å². The van der Waals surface area contributed by atoms with Crippen molar-refractivity contribution in [1.29, 1.82) is 5.26 Å². The molecule has 1 fully saturated rings. The zero-order valence-electron chi connectivity index (χ0n) is 10.1. The lowest BCUT2D eigenvalue weighted by Gasteiger charge is -2.25. The van der Waals surface area contributed by atoms with Gasteiger partial charge in [0.05, 0.1) is 18.3 Å². The maximum Gasteiger partial charge on any atom is 0.169 e. The summed E-state index contributed by atoms with van der Waals surface area (Å²) < 4.78 is 0. The molecule has 1 unspecified atom stereocenters. The minimum absolute atomic E-state index is 0.0681. The highest BCUT2D eigenvalue weighted by Crippen LogP contribution is 2.28. The van der Waals surface area contributed by atoms with Crippen LogP contribution in [0.2, 0.25) is 0 Å². The summed E-state index contributed by atoms with van der Waals surface area (Å²) in [6.45, 7) is 4.66. The third-order valence-corrected chi connectivity index (χ3v) is 3.41. The lowest BCUT2D eigenvalue weighted by atomic mass is 10.1. The number of nitrogens with zero attached hydrogens (tertiary/aromatic N) is 4. The van der Waals surface area contributed by atoms with Gasteiger partial charge < -0.3 is 10.0 Å². The van der Waals surface area contributed by atoms with Crippen molar-refractivity contribution in [3.63, 3.8) is 0 Å². The number of aliphatic hydroxyl groups excluding tert-OH is 1. The van der Waals surface area contributed by atoms with E-state index < -0.39 is 0 Å². The lowest BCUT2D eigenvalue weighted by molar-refractivity contribution is 0.266. The van der Waals surface area contributed by atoms with Crippen LogP contribution >= 0.6 is 0 Å². The van der Waals surface area contributed by atoms with Crippen molar-refractivity contribution in [2.75, 3.05) is 18.1 Å². The topological polar surface area (TPSA) is 73.0 Å². The van der Waals surface area contributed by atoms with Crippen LogP contribution in [0.25, 0.3) is 0 Å². The predicted octanol–water partition coefficient (Wildman–Crippen LogP) is 0.926. The Morgan fingerprint density at radius 1 is 1.47 bits per heavy atom. The van der Waals surface area contributed by atoms with E-state index in [0.29, 0.717) is 11.4 Å². The summed E-state index contributed by atoms with van der Waals surface area (Å²) in [6, 6.07) is 2.27. The molecule has 0 spiro atoms. The van der Waals surface area contributed by atoms with Crippen LogP contribution in [0, 0.1) is 25.2 Å². The minimum atomic E-state index is 0.0681. The molecule has 2 rings (SSSR count). The molecule has 2 heterocycles. The Labute approximate surface area is 101 Å². The van der Waals surface area contributed by atoms with E-state index in [9.17, 15) is 10.4 Å². The fourth-order valence-electron chi connectivity index (χ4n) is 2.24. The predicted molar refractivity (Wildman–Crippen MR) is 63.7 cm³/mol. The Balaban J connectivity index is 2.46. The van der Waals surface area contributed by atoms with E-state index in [0.717, 1.165) is 30.6 Å². The molecule has 1 aliphatic heterocycles. The van der Waals surface area contributed by atoms with Crippen LogP contribution in [0.15, 0.2) is 0 Å². The van der Waals surface area contributed by atoms with Crippen LogP contribution in [0.4, 0.5) is 5.82 Å². The first-order valence-electron chi connectivity index (χ1n) is 5.80. The third kappa shape index (κ3) is 1.96. The second kappa shape index (κ2) is 4.68. The van der Waals surface area contributed by atoms with Gasteiger partial charge in [0.1, 0.15) is 11.6 Å². The summed E-state index contributed by atoms with van der Waals surface area (Å²) in [5, 5.41) is 26.8. The van der Waals surface area contributed by atoms with Crippen molar-refractivity contribution in [3.05, 3.63) is 16.8 Å². The molecular weight excluding hydrogens is 216 g/mol. The zero-order valence-corrected chi connectivity index (χ0v) is 10.1. The Hall–Kier alpha value is -1.67. The standard InChI is InChI=1S/C12H16N4O/c1-8-9(2)14-15-12(11(8)6-13)16-5-3-4-10(16)7-17/h10,17H,3-5,7H2,1-2H3. The van der Waals surface area contributed by atoms with Gasteiger partial charge in [0.15, 0.2) is 5.82 Å². The number of aliphatic hydroxyl groups is 1. The Morgan fingerprint density at radius 3 is 2.88 bits per heavy atom. The number of hydrogen-bond acceptors (Lipinski definition) is 5. The molecule has 5 nitrogen and oxygen atoms in total. The van der Waals surface area contributed by atoms with Crippen LogP contribution in [-0.4, -0.2) is 34.5 Å². The number of anilines is 1. The summed E-state index contributed by atoms with van der Waals surface area (Å²) in [6.07, 6.45) is 1.96. The molecule has 0 amide bonds. The molecular formula is C12H16N4O. The van der Waals surface area contributed by atoms with Gasteiger partial charge in [0.25, 0.3) is 0 Å². The van der Waals surface area contributed by atoms with Crippen molar-refractivity contribution < 1.29 is 5.11 Å². The summed E-state index contributed by atoms with van der Waals surface area (Å²) in [7, 11) is 0. The third-order valence-electron chi connectivity index (χ3n) is 3.41. The largest absolute Gasteiger partial charge is 0.394 e. The molecule has 1 N–H and O–H groups in total. The van der Waals surface area contributed by atoms with Gasteiger partial charge in [-0.15, -0.1) is 5.10 Å². The van der Waals surface area contributed by atoms with E-state index in [4.69, 9.17) is 0 Å². The average Bonchev–Trinajstić information content (AvgIpc) is 2.80. The van der Waals surface area contributed by atoms with Gasteiger partial charge in [-0.2, -0.15) is 10.4 Å². The molecule has 0 saturated carbocycles. The van der Waals surface area contributed by atoms with Crippen LogP contribution in [0.3, 0.4) is 0 Å². The van der Waals surface area contributed by atoms with Crippen molar-refractivity contribution >= 4 is 5.82 Å². The smallest absolute Gasteiger partial charge is 0.169 e. The zero-order chi connectivity index (χ0) is 12.4. The molecule has 90 valence electrons. The summed E-state index contributed by atoms with van der Waals surface area (Å²) in [4.78, 5) is 2.00. The Kier molecular flexibility index (Phi) is 3.25. The molecule has 17 heavy (non-hydrogen) atoms. The number of aromatic nitrogens is 2. The lowest BCUT2D eigenvalue weighted by Crippen LogP contribution is -2.33. The average molecular weight is 232 g/mol. The second-order valence-corrected chi connectivity index (χ2v) is 4.39. The first-order chi connectivity index (χ1) is 8.19. The first-order valence-corrected chi connectivity index (χ1v) is 5.80. The maximum atomic E-state index is 9.31. The normalized spacial score (nSPS) is 19.4. The summed E-state index contributed by atoms with van der Waals surface area (Å²) in [5.41, 5.74) is 2.24. The Morgan fingerprint density at radius 2 is 2.24 bits per heavy atom. The molecule has 1 aromatic heterocycles. The van der Waals surface area contributed by atoms with Gasteiger partial charge in [0.2, 0.25) is 0 Å².